The molecule has 1 fully saturated rings. The summed E-state index contributed by atoms with van der Waals surface area (Å²) in [4.78, 5) is 2.42. The number of nitrogens with two attached hydrogens (primary N) is 1. The van der Waals surface area contributed by atoms with Crippen LogP contribution >= 0.6 is 0 Å². The van der Waals surface area contributed by atoms with Crippen LogP contribution in [0.25, 0.3) is 0 Å². The first-order chi connectivity index (χ1) is 8.20. The number of morpholine rings is 1. The number of hydrogen-bond donors (Lipinski definition) is 1. The molecule has 1 aromatic rings. The van der Waals surface area contributed by atoms with E-state index in [1.807, 2.05) is 0 Å². The van der Waals surface area contributed by atoms with E-state index in [9.17, 15) is 0 Å². The van der Waals surface area contributed by atoms with Crippen LogP contribution in [0.1, 0.15) is 19.4 Å². The minimum Gasteiger partial charge on any atom is -0.375 e. The molecule has 0 amide bonds. The molecule has 2 unspecified atom stereocenters. The second-order valence-electron chi connectivity index (χ2n) is 4.85. The van der Waals surface area contributed by atoms with Crippen LogP contribution in [0.15, 0.2) is 24.3 Å². The summed E-state index contributed by atoms with van der Waals surface area (Å²) < 4.78 is 5.65. The quantitative estimate of drug-likeness (QED) is 0.866. The first-order valence-electron chi connectivity index (χ1n) is 6.38. The molecule has 1 aromatic carbocycles. The van der Waals surface area contributed by atoms with E-state index >= 15 is 0 Å². The third-order valence-corrected chi connectivity index (χ3v) is 3.31. The zero-order valence-electron chi connectivity index (χ0n) is 10.7. The molecule has 94 valence electrons. The van der Waals surface area contributed by atoms with Gasteiger partial charge in [0.25, 0.3) is 0 Å². The van der Waals surface area contributed by atoms with Gasteiger partial charge in [0.2, 0.25) is 0 Å². The Bertz CT molecular complexity index is 350. The third kappa shape index (κ3) is 2.99. The van der Waals surface area contributed by atoms with Gasteiger partial charge in [-0.1, -0.05) is 12.1 Å². The molecule has 17 heavy (non-hydrogen) atoms. The summed E-state index contributed by atoms with van der Waals surface area (Å²) in [7, 11) is 0. The average Bonchev–Trinajstić information content (AvgIpc) is 2.34. The largest absolute Gasteiger partial charge is 0.375 e. The van der Waals surface area contributed by atoms with Crippen molar-refractivity contribution in [3.63, 3.8) is 0 Å². The van der Waals surface area contributed by atoms with Crippen molar-refractivity contribution < 1.29 is 4.74 Å². The fraction of sp³-hybridized carbons (Fsp3) is 0.571. The first kappa shape index (κ1) is 12.4. The fourth-order valence-electron chi connectivity index (χ4n) is 2.28. The highest BCUT2D eigenvalue weighted by atomic mass is 16.5. The normalized spacial score (nSPS) is 25.0. The molecule has 0 saturated carbocycles. The molecule has 0 spiro atoms. The highest BCUT2D eigenvalue weighted by molar-refractivity contribution is 5.49. The summed E-state index contributed by atoms with van der Waals surface area (Å²) in [6.45, 7) is 6.83. The van der Waals surface area contributed by atoms with Crippen molar-refractivity contribution in [3.8, 4) is 0 Å². The Hall–Kier alpha value is -1.06. The van der Waals surface area contributed by atoms with Gasteiger partial charge in [-0.2, -0.15) is 0 Å². The predicted molar refractivity (Wildman–Crippen MR) is 71.4 cm³/mol. The first-order valence-corrected chi connectivity index (χ1v) is 6.38. The lowest BCUT2D eigenvalue weighted by molar-refractivity contribution is 0.0344. The fourth-order valence-corrected chi connectivity index (χ4v) is 2.28. The lowest BCUT2D eigenvalue weighted by Gasteiger charge is -2.38. The summed E-state index contributed by atoms with van der Waals surface area (Å²) in [6, 6.07) is 9.19. The van der Waals surface area contributed by atoms with Crippen molar-refractivity contribution >= 4 is 5.69 Å². The van der Waals surface area contributed by atoms with E-state index in [0.717, 1.165) is 19.6 Å². The van der Waals surface area contributed by atoms with Gasteiger partial charge in [0.1, 0.15) is 0 Å². The Balaban J connectivity index is 2.10. The van der Waals surface area contributed by atoms with Gasteiger partial charge in [-0.05, 0) is 44.5 Å². The lowest BCUT2D eigenvalue weighted by atomic mass is 10.1. The Morgan fingerprint density at radius 3 is 2.65 bits per heavy atom. The molecule has 0 bridgehead atoms. The summed E-state index contributed by atoms with van der Waals surface area (Å²) in [6.07, 6.45) is 1.27. The third-order valence-electron chi connectivity index (χ3n) is 3.31. The summed E-state index contributed by atoms with van der Waals surface area (Å²) in [5.74, 6) is 0. The number of hydrogen-bond acceptors (Lipinski definition) is 3. The highest BCUT2D eigenvalue weighted by Gasteiger charge is 2.23. The van der Waals surface area contributed by atoms with Crippen molar-refractivity contribution in [2.45, 2.75) is 32.4 Å². The summed E-state index contributed by atoms with van der Waals surface area (Å²) in [5, 5.41) is 0. The van der Waals surface area contributed by atoms with E-state index in [1.165, 1.54) is 11.3 Å². The van der Waals surface area contributed by atoms with E-state index in [2.05, 4.69) is 43.0 Å². The maximum atomic E-state index is 5.65. The zero-order valence-corrected chi connectivity index (χ0v) is 10.7. The molecule has 2 rings (SSSR count). The molecule has 3 heteroatoms. The number of anilines is 1. The van der Waals surface area contributed by atoms with E-state index in [0.29, 0.717) is 18.7 Å². The Labute approximate surface area is 104 Å². The van der Waals surface area contributed by atoms with Crippen LogP contribution in [-0.4, -0.2) is 31.8 Å². The van der Waals surface area contributed by atoms with Crippen molar-refractivity contribution in [2.24, 2.45) is 5.73 Å². The van der Waals surface area contributed by atoms with E-state index < -0.39 is 0 Å². The maximum Gasteiger partial charge on any atom is 0.0723 e. The van der Waals surface area contributed by atoms with Crippen LogP contribution in [0.5, 0.6) is 0 Å². The zero-order chi connectivity index (χ0) is 12.3. The maximum absolute atomic E-state index is 5.65. The van der Waals surface area contributed by atoms with Gasteiger partial charge >= 0.3 is 0 Å². The highest BCUT2D eigenvalue weighted by Crippen LogP contribution is 2.22. The van der Waals surface area contributed by atoms with Gasteiger partial charge in [0, 0.05) is 18.3 Å². The molecule has 2 atom stereocenters. The van der Waals surface area contributed by atoms with Crippen molar-refractivity contribution in [3.05, 3.63) is 29.8 Å². The van der Waals surface area contributed by atoms with Gasteiger partial charge in [0.15, 0.2) is 0 Å². The van der Waals surface area contributed by atoms with Crippen molar-refractivity contribution in [1.29, 1.82) is 0 Å². The van der Waals surface area contributed by atoms with Crippen LogP contribution in [0.3, 0.4) is 0 Å². The molecule has 1 aliphatic rings. The van der Waals surface area contributed by atoms with E-state index in [1.54, 1.807) is 0 Å². The van der Waals surface area contributed by atoms with Gasteiger partial charge in [-0.15, -0.1) is 0 Å². The molecule has 3 nitrogen and oxygen atoms in total. The molecular weight excluding hydrogens is 212 g/mol. The Kier molecular flexibility index (Phi) is 4.02. The lowest BCUT2D eigenvalue weighted by Crippen LogP contribution is -2.47. The number of ether oxygens (including phenoxy) is 1. The van der Waals surface area contributed by atoms with Crippen molar-refractivity contribution in [1.82, 2.24) is 0 Å². The molecule has 1 aliphatic heterocycles. The molecular formula is C14H22N2O. The summed E-state index contributed by atoms with van der Waals surface area (Å²) in [5.41, 5.74) is 8.15. The van der Waals surface area contributed by atoms with Crippen LogP contribution in [0, 0.1) is 0 Å². The number of rotatable bonds is 3. The molecule has 2 N–H and O–H groups in total. The van der Waals surface area contributed by atoms with Crippen molar-refractivity contribution in [2.75, 3.05) is 24.6 Å². The SMILES string of the molecule is CC1CN(c2ccc(CCN)cc2)C(C)CO1. The molecule has 1 heterocycles. The van der Waals surface area contributed by atoms with E-state index in [4.69, 9.17) is 10.5 Å². The topological polar surface area (TPSA) is 38.5 Å². The molecule has 0 aromatic heterocycles. The minimum absolute atomic E-state index is 0.315. The molecule has 1 saturated heterocycles. The van der Waals surface area contributed by atoms with Crippen LogP contribution in [0.4, 0.5) is 5.69 Å². The Morgan fingerprint density at radius 2 is 2.00 bits per heavy atom. The predicted octanol–water partition coefficient (Wildman–Crippen LogP) is 1.80. The van der Waals surface area contributed by atoms with Crippen LogP contribution < -0.4 is 10.6 Å². The number of nitrogens with zero attached hydrogens (tertiary/aromatic N) is 1. The second-order valence-corrected chi connectivity index (χ2v) is 4.85. The van der Waals surface area contributed by atoms with Gasteiger partial charge < -0.3 is 15.4 Å². The van der Waals surface area contributed by atoms with Gasteiger partial charge in [-0.3, -0.25) is 0 Å². The van der Waals surface area contributed by atoms with Crippen LogP contribution in [-0.2, 0) is 11.2 Å². The molecule has 0 radical (unpaired) electrons. The Morgan fingerprint density at radius 1 is 1.29 bits per heavy atom. The average molecular weight is 234 g/mol. The second kappa shape index (κ2) is 5.52. The van der Waals surface area contributed by atoms with E-state index in [-0.39, 0.29) is 0 Å². The number of benzene rings is 1. The van der Waals surface area contributed by atoms with Crippen LogP contribution in [0.2, 0.25) is 0 Å². The van der Waals surface area contributed by atoms with Gasteiger partial charge in [-0.25, -0.2) is 0 Å². The smallest absolute Gasteiger partial charge is 0.0723 e. The monoisotopic (exact) mass is 234 g/mol. The summed E-state index contributed by atoms with van der Waals surface area (Å²) >= 11 is 0. The molecule has 0 aliphatic carbocycles. The standard InChI is InChI=1S/C14H22N2O/c1-11-10-17-12(2)9-16(11)14-5-3-13(4-6-14)7-8-15/h3-6,11-12H,7-10,15H2,1-2H3. The van der Waals surface area contributed by atoms with Gasteiger partial charge in [0.05, 0.1) is 12.7 Å². The minimum atomic E-state index is 0.315.